The van der Waals surface area contributed by atoms with E-state index >= 15 is 0 Å². The van der Waals surface area contributed by atoms with Gasteiger partial charge in [0.2, 0.25) is 17.7 Å². The van der Waals surface area contributed by atoms with Gasteiger partial charge in [-0.3, -0.25) is 24.0 Å². The highest BCUT2D eigenvalue weighted by Gasteiger charge is 2.53. The zero-order valence-electron chi connectivity index (χ0n) is 30.6. The quantitative estimate of drug-likeness (QED) is 0.120. The number of carbonyl (C=O) groups excluding carboxylic acids is 5. The molecular formula is C38H47FN6O8S. The Morgan fingerprint density at radius 1 is 1.04 bits per heavy atom. The molecular weight excluding hydrogens is 720 g/mol. The minimum absolute atomic E-state index is 0.0132. The van der Waals surface area contributed by atoms with E-state index in [1.54, 1.807) is 38.4 Å². The number of amides is 5. The van der Waals surface area contributed by atoms with Crippen molar-refractivity contribution in [2.24, 2.45) is 5.41 Å². The lowest BCUT2D eigenvalue weighted by atomic mass is 9.85. The van der Waals surface area contributed by atoms with Gasteiger partial charge < -0.3 is 41.5 Å². The average molecular weight is 767 g/mol. The Morgan fingerprint density at radius 2 is 1.72 bits per heavy atom. The number of phenols is 1. The molecule has 1 aromatic heterocycles. The Balaban J connectivity index is 1.29. The molecule has 0 spiro atoms. The number of thiazole rings is 1. The molecule has 16 heteroatoms. The van der Waals surface area contributed by atoms with Crippen LogP contribution in [0.25, 0.3) is 10.4 Å². The third-order valence-electron chi connectivity index (χ3n) is 9.64. The van der Waals surface area contributed by atoms with Crippen molar-refractivity contribution in [3.8, 4) is 16.2 Å². The largest absolute Gasteiger partial charge is 0.507 e. The third-order valence-corrected chi connectivity index (χ3v) is 10.6. The maximum atomic E-state index is 14.6. The third kappa shape index (κ3) is 9.40. The zero-order valence-corrected chi connectivity index (χ0v) is 31.5. The number of nitrogens with one attached hydrogen (secondary N) is 4. The van der Waals surface area contributed by atoms with E-state index in [4.69, 9.17) is 0 Å². The van der Waals surface area contributed by atoms with Gasteiger partial charge in [0.1, 0.15) is 17.8 Å². The van der Waals surface area contributed by atoms with E-state index in [0.717, 1.165) is 16.1 Å². The normalized spacial score (nSPS) is 18.7. The second kappa shape index (κ2) is 16.6. The SMILES string of the molecule is Cc1ncsc1-c1ccc([C@H](CC(=O)NCCNC(=O)c2cccc(CO)c2O)NC(=O)[C@@H]2C[C@@H](O)CN2C(=O)[C@@H](NC(=O)C2(F)CC2)C(C)(C)C)cc1. The van der Waals surface area contributed by atoms with Gasteiger partial charge in [0.15, 0.2) is 5.67 Å². The molecule has 290 valence electrons. The summed E-state index contributed by atoms with van der Waals surface area (Å²) in [4.78, 5) is 73.0. The maximum absolute atomic E-state index is 14.6. The van der Waals surface area contributed by atoms with Crippen LogP contribution in [0, 0.1) is 12.3 Å². The molecule has 2 fully saturated rings. The number of likely N-dealkylation sites (tertiary alicyclic amines) is 1. The van der Waals surface area contributed by atoms with Crippen molar-refractivity contribution in [1.82, 2.24) is 31.2 Å². The number of hydrogen-bond donors (Lipinski definition) is 7. The van der Waals surface area contributed by atoms with Crippen LogP contribution in [-0.2, 0) is 25.8 Å². The van der Waals surface area contributed by atoms with Gasteiger partial charge in [-0.15, -0.1) is 11.3 Å². The summed E-state index contributed by atoms with van der Waals surface area (Å²) in [5.74, 6) is -3.53. The summed E-state index contributed by atoms with van der Waals surface area (Å²) < 4.78 is 14.6. The van der Waals surface area contributed by atoms with Gasteiger partial charge in [0.25, 0.3) is 11.8 Å². The van der Waals surface area contributed by atoms with Gasteiger partial charge >= 0.3 is 0 Å². The molecule has 2 heterocycles. The molecule has 2 aliphatic rings. The minimum Gasteiger partial charge on any atom is -0.507 e. The highest BCUT2D eigenvalue weighted by molar-refractivity contribution is 7.13. The lowest BCUT2D eigenvalue weighted by Gasteiger charge is -2.36. The first-order valence-electron chi connectivity index (χ1n) is 17.8. The van der Waals surface area contributed by atoms with Gasteiger partial charge in [-0.1, -0.05) is 57.2 Å². The van der Waals surface area contributed by atoms with Crippen molar-refractivity contribution in [1.29, 1.82) is 0 Å². The number of aromatic hydroxyl groups is 1. The fourth-order valence-corrected chi connectivity index (χ4v) is 7.13. The number of hydrogen-bond acceptors (Lipinski definition) is 10. The van der Waals surface area contributed by atoms with E-state index in [0.29, 0.717) is 5.56 Å². The van der Waals surface area contributed by atoms with E-state index < -0.39 is 71.5 Å². The van der Waals surface area contributed by atoms with Crippen LogP contribution in [0.1, 0.15) is 79.7 Å². The number of para-hydroxylation sites is 1. The van der Waals surface area contributed by atoms with Crippen LogP contribution < -0.4 is 21.3 Å². The molecule has 1 aliphatic heterocycles. The summed E-state index contributed by atoms with van der Waals surface area (Å²) in [5, 5.41) is 41.0. The van der Waals surface area contributed by atoms with Crippen molar-refractivity contribution >= 4 is 40.9 Å². The number of rotatable bonds is 14. The zero-order chi connectivity index (χ0) is 39.4. The second-order valence-corrected chi connectivity index (χ2v) is 15.7. The molecule has 0 bridgehead atoms. The number of carbonyl (C=O) groups is 5. The highest BCUT2D eigenvalue weighted by Crippen LogP contribution is 2.40. The molecule has 2 aromatic carbocycles. The van der Waals surface area contributed by atoms with Crippen LogP contribution in [0.2, 0.25) is 0 Å². The summed E-state index contributed by atoms with van der Waals surface area (Å²) in [7, 11) is 0. The molecule has 0 unspecified atom stereocenters. The minimum atomic E-state index is -2.02. The van der Waals surface area contributed by atoms with E-state index in [1.165, 1.54) is 34.4 Å². The first-order valence-corrected chi connectivity index (χ1v) is 18.7. The molecule has 54 heavy (non-hydrogen) atoms. The number of aliphatic hydroxyl groups excluding tert-OH is 2. The number of aliphatic hydroxyl groups is 2. The Kier molecular flexibility index (Phi) is 12.4. The summed E-state index contributed by atoms with van der Waals surface area (Å²) in [6, 6.07) is 8.49. The molecule has 0 radical (unpaired) electrons. The van der Waals surface area contributed by atoms with Crippen LogP contribution in [0.3, 0.4) is 0 Å². The number of aromatic nitrogens is 1. The Bertz CT molecular complexity index is 1880. The Hall–Kier alpha value is -4.93. The first-order chi connectivity index (χ1) is 25.5. The predicted octanol–water partition coefficient (Wildman–Crippen LogP) is 2.40. The van der Waals surface area contributed by atoms with Gasteiger partial charge in [0.05, 0.1) is 46.8 Å². The number of β-amino-alcohol motifs (C(OH)–C–C–N with tert-alkyl or cyclic N) is 1. The standard InChI is InChI=1S/C38H47FN6O8S/c1-21-31(54-20-42-21)23-10-8-22(9-11-23)27(17-29(48)40-14-15-41-33(50)26-7-5-6-24(19-46)30(26)49)43-34(51)28-16-25(47)18-45(28)35(52)32(37(2,3)4)44-36(53)38(39)12-13-38/h5-11,20,25,27-28,32,46-47,49H,12-19H2,1-4H3,(H,40,48)(H,41,50)(H,43,51)(H,44,53)/t25-,27+,28+,32-/m1/s1. The van der Waals surface area contributed by atoms with Crippen LogP contribution in [0.4, 0.5) is 4.39 Å². The summed E-state index contributed by atoms with van der Waals surface area (Å²) in [5.41, 5.74) is 1.38. The topological polar surface area (TPSA) is 210 Å². The van der Waals surface area contributed by atoms with Crippen molar-refractivity contribution in [2.45, 2.75) is 89.9 Å². The predicted molar refractivity (Wildman–Crippen MR) is 198 cm³/mol. The molecule has 5 rings (SSSR count). The van der Waals surface area contributed by atoms with Crippen molar-refractivity contribution in [3.63, 3.8) is 0 Å². The molecule has 1 aliphatic carbocycles. The molecule has 1 saturated heterocycles. The summed E-state index contributed by atoms with van der Waals surface area (Å²) in [6.45, 7) is 6.45. The molecule has 14 nitrogen and oxygen atoms in total. The number of aryl methyl sites for hydroxylation is 1. The van der Waals surface area contributed by atoms with Crippen LogP contribution in [0.15, 0.2) is 48.0 Å². The van der Waals surface area contributed by atoms with Gasteiger partial charge in [-0.25, -0.2) is 9.37 Å². The second-order valence-electron chi connectivity index (χ2n) is 14.9. The van der Waals surface area contributed by atoms with E-state index in [2.05, 4.69) is 26.3 Å². The lowest BCUT2D eigenvalue weighted by molar-refractivity contribution is -0.145. The molecule has 4 atom stereocenters. The van der Waals surface area contributed by atoms with Gasteiger partial charge in [-0.05, 0) is 42.4 Å². The summed E-state index contributed by atoms with van der Waals surface area (Å²) in [6.07, 6.45) is -1.22. The number of nitrogens with zero attached hydrogens (tertiary/aromatic N) is 2. The molecule has 1 saturated carbocycles. The highest BCUT2D eigenvalue weighted by atomic mass is 32.1. The molecule has 7 N–H and O–H groups in total. The van der Waals surface area contributed by atoms with Crippen LogP contribution in [-0.4, -0.2) is 98.2 Å². The number of alkyl halides is 1. The average Bonchev–Trinajstić information content (AvgIpc) is 3.53. The Morgan fingerprint density at radius 3 is 2.33 bits per heavy atom. The fourth-order valence-electron chi connectivity index (χ4n) is 6.32. The van der Waals surface area contributed by atoms with E-state index in [-0.39, 0.29) is 62.2 Å². The van der Waals surface area contributed by atoms with Crippen LogP contribution >= 0.6 is 11.3 Å². The molecule has 5 amide bonds. The Labute approximate surface area is 316 Å². The van der Waals surface area contributed by atoms with Gasteiger partial charge in [-0.2, -0.15) is 0 Å². The lowest BCUT2D eigenvalue weighted by Crippen LogP contribution is -2.59. The van der Waals surface area contributed by atoms with Crippen molar-refractivity contribution < 1.29 is 43.7 Å². The van der Waals surface area contributed by atoms with Gasteiger partial charge in [0, 0.05) is 31.6 Å². The summed E-state index contributed by atoms with van der Waals surface area (Å²) >= 11 is 1.48. The van der Waals surface area contributed by atoms with E-state index in [1.807, 2.05) is 19.1 Å². The smallest absolute Gasteiger partial charge is 0.258 e. The fraction of sp³-hybridized carbons (Fsp3) is 0.474. The number of benzene rings is 2. The molecule has 3 aromatic rings. The first kappa shape index (κ1) is 40.3. The maximum Gasteiger partial charge on any atom is 0.258 e. The van der Waals surface area contributed by atoms with Crippen LogP contribution in [0.5, 0.6) is 5.75 Å². The number of halogens is 1. The van der Waals surface area contributed by atoms with Crippen molar-refractivity contribution in [3.05, 3.63) is 70.4 Å². The van der Waals surface area contributed by atoms with Crippen molar-refractivity contribution in [2.75, 3.05) is 19.6 Å². The monoisotopic (exact) mass is 766 g/mol. The van der Waals surface area contributed by atoms with E-state index in [9.17, 15) is 43.7 Å².